The average Bonchev–Trinajstić information content (AvgIpc) is 3.40. The number of amides is 1. The number of nitrogens with zero attached hydrogens (tertiary/aromatic N) is 4. The number of fused-ring (bicyclic) bond motifs is 1. The summed E-state index contributed by atoms with van der Waals surface area (Å²) in [4.78, 5) is 17.3. The summed E-state index contributed by atoms with van der Waals surface area (Å²) in [5.41, 5.74) is 3.58. The fourth-order valence-electron chi connectivity index (χ4n) is 2.82. The van der Waals surface area contributed by atoms with Crippen LogP contribution in [0, 0.1) is 5.41 Å². The van der Waals surface area contributed by atoms with Gasteiger partial charge in [-0.3, -0.25) is 15.0 Å². The summed E-state index contributed by atoms with van der Waals surface area (Å²) in [7, 11) is 1.79. The predicted octanol–water partition coefficient (Wildman–Crippen LogP) is 1.60. The highest BCUT2D eigenvalue weighted by Gasteiger charge is 2.23. The van der Waals surface area contributed by atoms with Gasteiger partial charge in [-0.25, -0.2) is 4.98 Å². The Morgan fingerprint density at radius 3 is 3.04 bits per heavy atom. The fraction of sp³-hybridized carbons (Fsp3) is 0.188. The Kier molecular flexibility index (Phi) is 4.09. The van der Waals surface area contributed by atoms with Crippen LogP contribution in [-0.4, -0.2) is 42.1 Å². The molecule has 0 aromatic carbocycles. The zero-order chi connectivity index (χ0) is 18.1. The molecule has 0 aliphatic heterocycles. The van der Waals surface area contributed by atoms with E-state index in [0.717, 1.165) is 21.0 Å². The lowest BCUT2D eigenvalue weighted by molar-refractivity contribution is 0.0943. The van der Waals surface area contributed by atoms with Crippen molar-refractivity contribution in [3.63, 3.8) is 0 Å². The highest BCUT2D eigenvalue weighted by Crippen LogP contribution is 2.30. The minimum Gasteiger partial charge on any atom is -0.347 e. The third-order valence-corrected chi connectivity index (χ3v) is 5.15. The number of rotatable bonds is 6. The second-order valence-corrected chi connectivity index (χ2v) is 6.86. The number of aromatic amines is 2. The first-order valence-electron chi connectivity index (χ1n) is 7.90. The van der Waals surface area contributed by atoms with Crippen molar-refractivity contribution in [2.24, 2.45) is 7.05 Å². The number of aromatic nitrogens is 6. The van der Waals surface area contributed by atoms with Crippen LogP contribution in [0.15, 0.2) is 24.7 Å². The first-order chi connectivity index (χ1) is 12.7. The molecule has 4 aromatic heterocycles. The number of hydrogen-bond acceptors (Lipinski definition) is 6. The SMILES string of the molecule is Cn1c(C(=O)NCc2cn[nH]c2)c(C=N)c2sc(Cc3ccn[nH]3)nc21. The van der Waals surface area contributed by atoms with Gasteiger partial charge in [0.15, 0.2) is 5.65 Å². The van der Waals surface area contributed by atoms with E-state index < -0.39 is 0 Å². The highest BCUT2D eigenvalue weighted by atomic mass is 32.1. The lowest BCUT2D eigenvalue weighted by Crippen LogP contribution is -2.26. The van der Waals surface area contributed by atoms with Gasteiger partial charge >= 0.3 is 0 Å². The Morgan fingerprint density at radius 1 is 1.46 bits per heavy atom. The lowest BCUT2D eigenvalue weighted by Gasteiger charge is -2.06. The molecule has 10 heteroatoms. The first kappa shape index (κ1) is 16.2. The van der Waals surface area contributed by atoms with Gasteiger partial charge in [0.1, 0.15) is 10.7 Å². The normalized spacial score (nSPS) is 11.1. The average molecular weight is 368 g/mol. The van der Waals surface area contributed by atoms with Crippen LogP contribution in [0.5, 0.6) is 0 Å². The molecule has 0 unspecified atom stereocenters. The van der Waals surface area contributed by atoms with E-state index in [9.17, 15) is 4.79 Å². The Balaban J connectivity index is 1.64. The maximum atomic E-state index is 12.6. The van der Waals surface area contributed by atoms with Crippen molar-refractivity contribution in [3.05, 3.63) is 52.2 Å². The van der Waals surface area contributed by atoms with Gasteiger partial charge in [-0.2, -0.15) is 10.2 Å². The van der Waals surface area contributed by atoms with Gasteiger partial charge in [0.05, 0.1) is 10.9 Å². The third-order valence-electron chi connectivity index (χ3n) is 4.07. The molecule has 4 aromatic rings. The van der Waals surface area contributed by atoms with E-state index in [0.29, 0.717) is 29.9 Å². The highest BCUT2D eigenvalue weighted by molar-refractivity contribution is 7.19. The molecule has 0 aliphatic rings. The molecule has 9 nitrogen and oxygen atoms in total. The van der Waals surface area contributed by atoms with Gasteiger partial charge in [-0.1, -0.05) is 0 Å². The Hall–Kier alpha value is -3.27. The van der Waals surface area contributed by atoms with Crippen LogP contribution in [0.3, 0.4) is 0 Å². The van der Waals surface area contributed by atoms with Gasteiger partial charge < -0.3 is 15.3 Å². The second kappa shape index (κ2) is 6.56. The summed E-state index contributed by atoms with van der Waals surface area (Å²) < 4.78 is 2.58. The summed E-state index contributed by atoms with van der Waals surface area (Å²) in [5.74, 6) is -0.243. The van der Waals surface area contributed by atoms with E-state index in [1.165, 1.54) is 17.6 Å². The molecule has 0 saturated carbocycles. The van der Waals surface area contributed by atoms with Gasteiger partial charge in [0.25, 0.3) is 5.91 Å². The number of carbonyl (C=O) groups excluding carboxylic acids is 1. The van der Waals surface area contributed by atoms with Crippen molar-refractivity contribution in [2.45, 2.75) is 13.0 Å². The monoisotopic (exact) mass is 368 g/mol. The molecule has 1 amide bonds. The second-order valence-electron chi connectivity index (χ2n) is 5.77. The third kappa shape index (κ3) is 2.80. The predicted molar refractivity (Wildman–Crippen MR) is 97.6 cm³/mol. The largest absolute Gasteiger partial charge is 0.347 e. The minimum absolute atomic E-state index is 0.243. The maximum Gasteiger partial charge on any atom is 0.268 e. The number of nitrogens with one attached hydrogen (secondary N) is 4. The molecular weight excluding hydrogens is 352 g/mol. The van der Waals surface area contributed by atoms with Crippen molar-refractivity contribution < 1.29 is 4.79 Å². The quantitative estimate of drug-likeness (QED) is 0.385. The molecule has 132 valence electrons. The topological polar surface area (TPSA) is 128 Å². The standard InChI is InChI=1S/C16H16N8OS/c1-24-13(16(25)18-6-9-7-20-21-8-9)11(5-17)14-15(24)22-12(26-14)4-10-2-3-19-23-10/h2-3,5,7-8,17H,4,6H2,1H3,(H,18,25)(H,19,23)(H,20,21). The van der Waals surface area contributed by atoms with Crippen molar-refractivity contribution in [1.29, 1.82) is 5.41 Å². The van der Waals surface area contributed by atoms with Crippen molar-refractivity contribution >= 4 is 33.8 Å². The van der Waals surface area contributed by atoms with Crippen LogP contribution in [0.4, 0.5) is 0 Å². The number of thiazole rings is 1. The zero-order valence-electron chi connectivity index (χ0n) is 13.9. The maximum absolute atomic E-state index is 12.6. The van der Waals surface area contributed by atoms with Crippen LogP contribution in [-0.2, 0) is 20.0 Å². The molecule has 26 heavy (non-hydrogen) atoms. The smallest absolute Gasteiger partial charge is 0.268 e. The first-order valence-corrected chi connectivity index (χ1v) is 8.71. The number of hydrogen-bond donors (Lipinski definition) is 4. The van der Waals surface area contributed by atoms with Crippen LogP contribution in [0.2, 0.25) is 0 Å². The Morgan fingerprint density at radius 2 is 2.35 bits per heavy atom. The Labute approximate surface area is 152 Å². The molecule has 0 aliphatic carbocycles. The van der Waals surface area contributed by atoms with Crippen molar-refractivity contribution in [3.8, 4) is 0 Å². The van der Waals surface area contributed by atoms with E-state index in [4.69, 9.17) is 5.41 Å². The van der Waals surface area contributed by atoms with Crippen LogP contribution < -0.4 is 5.32 Å². The van der Waals surface area contributed by atoms with Gasteiger partial charge in [-0.15, -0.1) is 11.3 Å². The van der Waals surface area contributed by atoms with Gasteiger partial charge in [0, 0.05) is 55.4 Å². The molecule has 4 heterocycles. The molecule has 4 N–H and O–H groups in total. The Bertz CT molecular complexity index is 1060. The lowest BCUT2D eigenvalue weighted by atomic mass is 10.2. The van der Waals surface area contributed by atoms with Crippen LogP contribution in [0.1, 0.15) is 32.3 Å². The van der Waals surface area contributed by atoms with Crippen LogP contribution >= 0.6 is 11.3 Å². The van der Waals surface area contributed by atoms with Crippen molar-refractivity contribution in [2.75, 3.05) is 0 Å². The molecule has 0 atom stereocenters. The van der Waals surface area contributed by atoms with E-state index in [1.807, 2.05) is 6.07 Å². The van der Waals surface area contributed by atoms with E-state index >= 15 is 0 Å². The fourth-order valence-corrected chi connectivity index (χ4v) is 3.96. The molecule has 0 spiro atoms. The van der Waals surface area contributed by atoms with E-state index in [-0.39, 0.29) is 5.91 Å². The van der Waals surface area contributed by atoms with E-state index in [2.05, 4.69) is 30.7 Å². The summed E-state index contributed by atoms with van der Waals surface area (Å²) in [6.07, 6.45) is 6.94. The van der Waals surface area contributed by atoms with E-state index in [1.54, 1.807) is 30.2 Å². The summed E-state index contributed by atoms with van der Waals surface area (Å²) >= 11 is 1.49. The van der Waals surface area contributed by atoms with Crippen LogP contribution in [0.25, 0.3) is 10.3 Å². The van der Waals surface area contributed by atoms with Crippen molar-refractivity contribution in [1.82, 2.24) is 35.3 Å². The molecule has 4 rings (SSSR count). The molecule has 0 saturated heterocycles. The zero-order valence-corrected chi connectivity index (χ0v) is 14.7. The van der Waals surface area contributed by atoms with Gasteiger partial charge in [-0.05, 0) is 6.07 Å². The molecule has 0 bridgehead atoms. The molecular formula is C16H16N8OS. The summed E-state index contributed by atoms with van der Waals surface area (Å²) in [6, 6.07) is 1.90. The molecule has 0 fully saturated rings. The number of carbonyl (C=O) groups is 1. The minimum atomic E-state index is -0.243. The number of H-pyrrole nitrogens is 2. The summed E-state index contributed by atoms with van der Waals surface area (Å²) in [6.45, 7) is 0.365. The molecule has 0 radical (unpaired) electrons. The number of aryl methyl sites for hydroxylation is 1. The summed E-state index contributed by atoms with van der Waals surface area (Å²) in [5, 5.41) is 25.0. The van der Waals surface area contributed by atoms with Gasteiger partial charge in [0.2, 0.25) is 0 Å².